The van der Waals surface area contributed by atoms with Gasteiger partial charge in [0.25, 0.3) is 0 Å². The molecular formula is C20H25NO2S. The van der Waals surface area contributed by atoms with Gasteiger partial charge in [0.15, 0.2) is 0 Å². The number of likely N-dealkylation sites (tertiary alicyclic amines) is 1. The lowest BCUT2D eigenvalue weighted by atomic mass is 10.1. The van der Waals surface area contributed by atoms with E-state index in [1.54, 1.807) is 11.8 Å². The summed E-state index contributed by atoms with van der Waals surface area (Å²) in [6, 6.07) is 14.3. The summed E-state index contributed by atoms with van der Waals surface area (Å²) in [5, 5.41) is 0. The summed E-state index contributed by atoms with van der Waals surface area (Å²) in [5.74, 6) is 2.65. The van der Waals surface area contributed by atoms with Gasteiger partial charge in [0, 0.05) is 17.9 Å². The standard InChI is InChI=1S/C20H25NO2S/c1-2-16-12-13-19(23-16)18-11-7-4-8-14-21(18)20(22)15-24-17-9-5-3-6-10-17/h3,5-6,9-10,12-13,18H,2,4,7-8,11,14-15H2,1H3. The van der Waals surface area contributed by atoms with E-state index in [2.05, 4.69) is 25.1 Å². The Bertz CT molecular complexity index is 653. The molecule has 0 aliphatic carbocycles. The van der Waals surface area contributed by atoms with E-state index >= 15 is 0 Å². The lowest BCUT2D eigenvalue weighted by Gasteiger charge is -2.28. The van der Waals surface area contributed by atoms with E-state index in [0.717, 1.165) is 48.6 Å². The first-order chi connectivity index (χ1) is 11.8. The molecule has 1 atom stereocenters. The number of carbonyl (C=O) groups is 1. The van der Waals surface area contributed by atoms with Gasteiger partial charge in [-0.2, -0.15) is 0 Å². The number of hydrogen-bond acceptors (Lipinski definition) is 3. The SMILES string of the molecule is CCc1ccc(C2CCCCCN2C(=O)CSc2ccccc2)o1. The average molecular weight is 343 g/mol. The number of thioether (sulfide) groups is 1. The van der Waals surface area contributed by atoms with Gasteiger partial charge in [0.05, 0.1) is 11.8 Å². The topological polar surface area (TPSA) is 33.5 Å². The quantitative estimate of drug-likeness (QED) is 0.710. The number of furan rings is 1. The van der Waals surface area contributed by atoms with Gasteiger partial charge < -0.3 is 9.32 Å². The molecule has 3 rings (SSSR count). The van der Waals surface area contributed by atoms with E-state index in [-0.39, 0.29) is 11.9 Å². The first-order valence-electron chi connectivity index (χ1n) is 8.84. The minimum absolute atomic E-state index is 0.0941. The van der Waals surface area contributed by atoms with Crippen LogP contribution in [0.1, 0.15) is 50.2 Å². The van der Waals surface area contributed by atoms with Crippen LogP contribution in [0.15, 0.2) is 51.8 Å². The Labute approximate surface area is 148 Å². The Morgan fingerprint density at radius 2 is 2.00 bits per heavy atom. The highest BCUT2D eigenvalue weighted by atomic mass is 32.2. The van der Waals surface area contributed by atoms with Crippen molar-refractivity contribution in [1.29, 1.82) is 0 Å². The van der Waals surface area contributed by atoms with Gasteiger partial charge in [-0.05, 0) is 37.1 Å². The maximum atomic E-state index is 12.8. The summed E-state index contributed by atoms with van der Waals surface area (Å²) >= 11 is 1.61. The lowest BCUT2D eigenvalue weighted by molar-refractivity contribution is -0.131. The van der Waals surface area contributed by atoms with E-state index in [0.29, 0.717) is 5.75 Å². The van der Waals surface area contributed by atoms with Crippen LogP contribution < -0.4 is 0 Å². The molecule has 0 radical (unpaired) electrons. The second-order valence-corrected chi connectivity index (χ2v) is 7.26. The van der Waals surface area contributed by atoms with Gasteiger partial charge in [0.1, 0.15) is 11.5 Å². The van der Waals surface area contributed by atoms with Crippen LogP contribution in [0.3, 0.4) is 0 Å². The molecule has 0 saturated carbocycles. The maximum absolute atomic E-state index is 12.8. The predicted octanol–water partition coefficient (Wildman–Crippen LogP) is 5.08. The third kappa shape index (κ3) is 4.23. The zero-order valence-corrected chi connectivity index (χ0v) is 15.1. The van der Waals surface area contributed by atoms with Crippen molar-refractivity contribution >= 4 is 17.7 Å². The smallest absolute Gasteiger partial charge is 0.233 e. The Kier molecular flexibility index (Phi) is 6.02. The molecule has 1 fully saturated rings. The summed E-state index contributed by atoms with van der Waals surface area (Å²) in [7, 11) is 0. The first kappa shape index (κ1) is 17.2. The molecular weight excluding hydrogens is 318 g/mol. The van der Waals surface area contributed by atoms with Crippen LogP contribution in [0, 0.1) is 0 Å². The van der Waals surface area contributed by atoms with Crippen molar-refractivity contribution in [3.63, 3.8) is 0 Å². The predicted molar refractivity (Wildman–Crippen MR) is 98.2 cm³/mol. The molecule has 0 bridgehead atoms. The van der Waals surface area contributed by atoms with Crippen molar-refractivity contribution in [3.05, 3.63) is 54.0 Å². The molecule has 3 nitrogen and oxygen atoms in total. The number of aryl methyl sites for hydroxylation is 1. The zero-order chi connectivity index (χ0) is 16.8. The minimum atomic E-state index is 0.0941. The number of benzene rings is 1. The van der Waals surface area contributed by atoms with Crippen molar-refractivity contribution < 1.29 is 9.21 Å². The fourth-order valence-corrected chi connectivity index (χ4v) is 4.02. The maximum Gasteiger partial charge on any atom is 0.233 e. The number of rotatable bonds is 5. The molecule has 128 valence electrons. The molecule has 0 N–H and O–H groups in total. The molecule has 4 heteroatoms. The van der Waals surface area contributed by atoms with Crippen molar-refractivity contribution in [1.82, 2.24) is 4.90 Å². The highest BCUT2D eigenvalue weighted by Crippen LogP contribution is 2.32. The van der Waals surface area contributed by atoms with E-state index in [1.807, 2.05) is 29.2 Å². The number of carbonyl (C=O) groups excluding carboxylic acids is 1. The van der Waals surface area contributed by atoms with Crippen molar-refractivity contribution in [2.24, 2.45) is 0 Å². The second-order valence-electron chi connectivity index (χ2n) is 6.21. The van der Waals surface area contributed by atoms with Gasteiger partial charge in [0.2, 0.25) is 5.91 Å². The Morgan fingerprint density at radius 1 is 1.17 bits per heavy atom. The molecule has 1 aliphatic heterocycles. The summed E-state index contributed by atoms with van der Waals surface area (Å²) in [4.78, 5) is 16.0. The van der Waals surface area contributed by atoms with Crippen LogP contribution in [0.2, 0.25) is 0 Å². The molecule has 0 spiro atoms. The normalized spacial score (nSPS) is 18.4. The Morgan fingerprint density at radius 3 is 2.75 bits per heavy atom. The average Bonchev–Trinajstić information content (AvgIpc) is 2.97. The number of amides is 1. The fraction of sp³-hybridized carbons (Fsp3) is 0.450. The highest BCUT2D eigenvalue weighted by Gasteiger charge is 2.28. The molecule has 2 heterocycles. The van der Waals surface area contributed by atoms with Crippen molar-refractivity contribution in [2.75, 3.05) is 12.3 Å². The fourth-order valence-electron chi connectivity index (χ4n) is 3.21. The van der Waals surface area contributed by atoms with E-state index in [1.165, 1.54) is 6.42 Å². The monoisotopic (exact) mass is 343 g/mol. The molecule has 1 aromatic heterocycles. The third-order valence-electron chi connectivity index (χ3n) is 4.54. The first-order valence-corrected chi connectivity index (χ1v) is 9.82. The second kappa shape index (κ2) is 8.43. The van der Waals surface area contributed by atoms with Crippen LogP contribution >= 0.6 is 11.8 Å². The third-order valence-corrected chi connectivity index (χ3v) is 5.53. The van der Waals surface area contributed by atoms with E-state index in [9.17, 15) is 4.79 Å². The number of nitrogens with zero attached hydrogens (tertiary/aromatic N) is 1. The van der Waals surface area contributed by atoms with Gasteiger partial charge in [-0.1, -0.05) is 38.0 Å². The van der Waals surface area contributed by atoms with Crippen molar-refractivity contribution in [2.45, 2.75) is 50.0 Å². The van der Waals surface area contributed by atoms with Gasteiger partial charge in [-0.3, -0.25) is 4.79 Å². The van der Waals surface area contributed by atoms with Crippen LogP contribution in [-0.2, 0) is 11.2 Å². The number of hydrogen-bond donors (Lipinski definition) is 0. The van der Waals surface area contributed by atoms with Gasteiger partial charge in [-0.25, -0.2) is 0 Å². The molecule has 1 saturated heterocycles. The lowest BCUT2D eigenvalue weighted by Crippen LogP contribution is -2.35. The molecule has 24 heavy (non-hydrogen) atoms. The molecule has 1 aromatic carbocycles. The van der Waals surface area contributed by atoms with E-state index in [4.69, 9.17) is 4.42 Å². The largest absolute Gasteiger partial charge is 0.464 e. The summed E-state index contributed by atoms with van der Waals surface area (Å²) < 4.78 is 5.97. The molecule has 1 amide bonds. The van der Waals surface area contributed by atoms with Gasteiger partial charge in [-0.15, -0.1) is 11.8 Å². The highest BCUT2D eigenvalue weighted by molar-refractivity contribution is 8.00. The van der Waals surface area contributed by atoms with Crippen LogP contribution in [-0.4, -0.2) is 23.1 Å². The van der Waals surface area contributed by atoms with Gasteiger partial charge >= 0.3 is 0 Å². The Balaban J connectivity index is 1.70. The minimum Gasteiger partial charge on any atom is -0.464 e. The molecule has 1 unspecified atom stereocenters. The van der Waals surface area contributed by atoms with Crippen molar-refractivity contribution in [3.8, 4) is 0 Å². The summed E-state index contributed by atoms with van der Waals surface area (Å²) in [6.07, 6.45) is 5.32. The Hall–Kier alpha value is -1.68. The summed E-state index contributed by atoms with van der Waals surface area (Å²) in [5.41, 5.74) is 0. The zero-order valence-electron chi connectivity index (χ0n) is 14.2. The van der Waals surface area contributed by atoms with Crippen LogP contribution in [0.4, 0.5) is 0 Å². The van der Waals surface area contributed by atoms with Crippen LogP contribution in [0.5, 0.6) is 0 Å². The van der Waals surface area contributed by atoms with E-state index < -0.39 is 0 Å². The van der Waals surface area contributed by atoms with Crippen LogP contribution in [0.25, 0.3) is 0 Å². The molecule has 2 aromatic rings. The summed E-state index contributed by atoms with van der Waals surface area (Å²) in [6.45, 7) is 2.93. The molecule has 1 aliphatic rings.